The highest BCUT2D eigenvalue weighted by Crippen LogP contribution is 2.49. The summed E-state index contributed by atoms with van der Waals surface area (Å²) in [6.07, 6.45) is 2.30. The Morgan fingerprint density at radius 3 is 2.48 bits per heavy atom. The van der Waals surface area contributed by atoms with Gasteiger partial charge in [-0.1, -0.05) is 63.1 Å². The number of benzene rings is 2. The van der Waals surface area contributed by atoms with Gasteiger partial charge in [-0.3, -0.25) is 0 Å². The van der Waals surface area contributed by atoms with Gasteiger partial charge in [-0.25, -0.2) is 8.42 Å². The van der Waals surface area contributed by atoms with Gasteiger partial charge in [0, 0.05) is 18.4 Å². The number of fused-ring (bicyclic) bond motifs is 1. The van der Waals surface area contributed by atoms with Crippen LogP contribution < -0.4 is 4.74 Å². The summed E-state index contributed by atoms with van der Waals surface area (Å²) in [5.74, 6) is 0.0201. The summed E-state index contributed by atoms with van der Waals surface area (Å²) < 4.78 is 38.0. The molecule has 0 spiro atoms. The van der Waals surface area contributed by atoms with Gasteiger partial charge in [0.15, 0.2) is 9.84 Å². The molecule has 3 rings (SSSR count). The van der Waals surface area contributed by atoms with Crippen molar-refractivity contribution in [1.82, 2.24) is 0 Å². The Bertz CT molecular complexity index is 957. The normalized spacial score (nSPS) is 24.9. The zero-order chi connectivity index (χ0) is 22.5. The average molecular weight is 447 g/mol. The Morgan fingerprint density at radius 1 is 1.10 bits per heavy atom. The van der Waals surface area contributed by atoms with Gasteiger partial charge in [-0.05, 0) is 36.1 Å². The van der Waals surface area contributed by atoms with Crippen LogP contribution in [0.1, 0.15) is 56.6 Å². The molecule has 0 amide bonds. The Hall–Kier alpha value is -1.89. The first-order valence-corrected chi connectivity index (χ1v) is 12.7. The summed E-state index contributed by atoms with van der Waals surface area (Å²) in [7, 11) is -2.03. The Kier molecular flexibility index (Phi) is 7.78. The fraction of sp³-hybridized carbons (Fsp3) is 0.520. The van der Waals surface area contributed by atoms with Gasteiger partial charge in [-0.2, -0.15) is 0 Å². The van der Waals surface area contributed by atoms with E-state index in [0.29, 0.717) is 37.4 Å². The van der Waals surface area contributed by atoms with Crippen molar-refractivity contribution >= 4 is 9.84 Å². The maximum atomic E-state index is 13.6. The van der Waals surface area contributed by atoms with Crippen LogP contribution in [0.2, 0.25) is 0 Å². The van der Waals surface area contributed by atoms with Gasteiger partial charge in [0.25, 0.3) is 0 Å². The van der Waals surface area contributed by atoms with Crippen LogP contribution >= 0.6 is 0 Å². The van der Waals surface area contributed by atoms with Gasteiger partial charge in [0.2, 0.25) is 0 Å². The minimum atomic E-state index is -3.63. The molecular formula is C25H34O5S. The second kappa shape index (κ2) is 10.2. The molecule has 1 aliphatic rings. The zero-order valence-corrected chi connectivity index (χ0v) is 19.5. The maximum Gasteiger partial charge on any atom is 0.179 e. The summed E-state index contributed by atoms with van der Waals surface area (Å²) in [6.45, 7) is 4.85. The van der Waals surface area contributed by atoms with Crippen molar-refractivity contribution in [2.75, 3.05) is 26.1 Å². The number of aliphatic hydroxyl groups is 1. The van der Waals surface area contributed by atoms with Crippen LogP contribution in [-0.2, 0) is 14.6 Å². The molecule has 31 heavy (non-hydrogen) atoms. The number of hydrogen-bond donors (Lipinski definition) is 1. The lowest BCUT2D eigenvalue weighted by Gasteiger charge is -2.39. The van der Waals surface area contributed by atoms with E-state index < -0.39 is 27.3 Å². The van der Waals surface area contributed by atoms with Crippen molar-refractivity contribution in [1.29, 1.82) is 0 Å². The molecule has 0 saturated carbocycles. The highest BCUT2D eigenvalue weighted by molar-refractivity contribution is 7.91. The van der Waals surface area contributed by atoms with E-state index in [4.69, 9.17) is 9.47 Å². The summed E-state index contributed by atoms with van der Waals surface area (Å²) in [5.41, 5.74) is 0.867. The van der Waals surface area contributed by atoms with Crippen LogP contribution in [0.3, 0.4) is 0 Å². The van der Waals surface area contributed by atoms with E-state index in [1.54, 1.807) is 19.2 Å². The third kappa shape index (κ3) is 4.97. The molecule has 0 aliphatic carbocycles. The minimum Gasteiger partial charge on any atom is -0.491 e. The molecular weight excluding hydrogens is 412 g/mol. The van der Waals surface area contributed by atoms with Crippen molar-refractivity contribution < 1.29 is 23.0 Å². The predicted molar refractivity (Wildman–Crippen MR) is 122 cm³/mol. The number of sulfone groups is 1. The molecule has 0 saturated heterocycles. The van der Waals surface area contributed by atoms with Gasteiger partial charge in [0.05, 0.1) is 23.4 Å². The first-order valence-electron chi connectivity index (χ1n) is 11.1. The van der Waals surface area contributed by atoms with Crippen LogP contribution in [0, 0.1) is 5.41 Å². The number of aliphatic hydroxyl groups excluding tert-OH is 1. The van der Waals surface area contributed by atoms with E-state index in [1.807, 2.05) is 43.3 Å². The molecule has 0 radical (unpaired) electrons. The molecule has 3 atom stereocenters. The SMILES string of the molecule is CCCC[C@@]1(CC)CS(=O)(=O)c2cc(OCCOC)ccc2[C@H](c2ccccc2)[C@@H]1O. The molecule has 0 bridgehead atoms. The topological polar surface area (TPSA) is 72.8 Å². The van der Waals surface area contributed by atoms with Crippen LogP contribution in [0.25, 0.3) is 0 Å². The second-order valence-corrected chi connectivity index (χ2v) is 10.4. The smallest absolute Gasteiger partial charge is 0.179 e. The lowest BCUT2D eigenvalue weighted by molar-refractivity contribution is 0.0174. The lowest BCUT2D eigenvalue weighted by Crippen LogP contribution is -2.42. The van der Waals surface area contributed by atoms with Gasteiger partial charge in [0.1, 0.15) is 12.4 Å². The van der Waals surface area contributed by atoms with Gasteiger partial charge >= 0.3 is 0 Å². The molecule has 0 unspecified atom stereocenters. The first kappa shape index (κ1) is 23.8. The highest BCUT2D eigenvalue weighted by atomic mass is 32.2. The van der Waals surface area contributed by atoms with Crippen molar-refractivity contribution in [3.05, 3.63) is 59.7 Å². The van der Waals surface area contributed by atoms with E-state index in [2.05, 4.69) is 6.92 Å². The maximum absolute atomic E-state index is 13.6. The molecule has 1 heterocycles. The molecule has 5 nitrogen and oxygen atoms in total. The Balaban J connectivity index is 2.18. The van der Waals surface area contributed by atoms with Gasteiger partial charge < -0.3 is 14.6 Å². The van der Waals surface area contributed by atoms with Crippen molar-refractivity contribution in [3.63, 3.8) is 0 Å². The number of ether oxygens (including phenoxy) is 2. The summed E-state index contributed by atoms with van der Waals surface area (Å²) in [4.78, 5) is 0.266. The predicted octanol–water partition coefficient (Wildman–Crippen LogP) is 4.58. The number of methoxy groups -OCH3 is 1. The van der Waals surface area contributed by atoms with E-state index in [1.165, 1.54) is 0 Å². The highest BCUT2D eigenvalue weighted by Gasteiger charge is 2.48. The Labute approximate surface area is 186 Å². The van der Waals surface area contributed by atoms with Crippen LogP contribution in [0.5, 0.6) is 5.75 Å². The fourth-order valence-corrected chi connectivity index (χ4v) is 6.98. The van der Waals surface area contributed by atoms with E-state index in [-0.39, 0.29) is 10.6 Å². The molecule has 1 N–H and O–H groups in total. The minimum absolute atomic E-state index is 0.0600. The summed E-state index contributed by atoms with van der Waals surface area (Å²) in [6, 6.07) is 15.0. The average Bonchev–Trinajstić information content (AvgIpc) is 2.84. The Morgan fingerprint density at radius 2 is 1.84 bits per heavy atom. The van der Waals surface area contributed by atoms with Crippen LogP contribution in [0.15, 0.2) is 53.4 Å². The molecule has 170 valence electrons. The number of hydrogen-bond acceptors (Lipinski definition) is 5. The zero-order valence-electron chi connectivity index (χ0n) is 18.7. The third-order valence-electron chi connectivity index (χ3n) is 6.52. The molecule has 0 aromatic heterocycles. The lowest BCUT2D eigenvalue weighted by atomic mass is 9.69. The van der Waals surface area contributed by atoms with Crippen molar-refractivity contribution in [2.45, 2.75) is 56.4 Å². The number of unbranched alkanes of at least 4 members (excludes halogenated alkanes) is 1. The quantitative estimate of drug-likeness (QED) is 0.571. The van der Waals surface area contributed by atoms with Gasteiger partial charge in [-0.15, -0.1) is 0 Å². The van der Waals surface area contributed by atoms with Crippen LogP contribution in [0.4, 0.5) is 0 Å². The van der Waals surface area contributed by atoms with E-state index in [9.17, 15) is 13.5 Å². The van der Waals surface area contributed by atoms with E-state index >= 15 is 0 Å². The molecule has 2 aromatic rings. The van der Waals surface area contributed by atoms with Crippen molar-refractivity contribution in [2.24, 2.45) is 5.41 Å². The first-order chi connectivity index (χ1) is 14.9. The largest absolute Gasteiger partial charge is 0.491 e. The molecule has 0 fully saturated rings. The molecule has 6 heteroatoms. The standard InChI is InChI=1S/C25H34O5S/c1-4-6-14-25(5-2)18-31(27,28)22-17-20(30-16-15-29-3)12-13-21(22)23(24(25)26)19-10-8-7-9-11-19/h7-13,17,23-24,26H,4-6,14-16,18H2,1-3H3/t23-,24-,25-/m0/s1. The van der Waals surface area contributed by atoms with E-state index in [0.717, 1.165) is 18.4 Å². The second-order valence-electron chi connectivity index (χ2n) is 8.45. The molecule has 1 aliphatic heterocycles. The monoisotopic (exact) mass is 446 g/mol. The third-order valence-corrected chi connectivity index (χ3v) is 8.50. The molecule has 2 aromatic carbocycles. The fourth-order valence-electron chi connectivity index (χ4n) is 4.70. The number of rotatable bonds is 9. The van der Waals surface area contributed by atoms with Crippen LogP contribution in [-0.4, -0.2) is 45.7 Å². The summed E-state index contributed by atoms with van der Waals surface area (Å²) in [5, 5.41) is 11.7. The summed E-state index contributed by atoms with van der Waals surface area (Å²) >= 11 is 0. The van der Waals surface area contributed by atoms with Crippen molar-refractivity contribution in [3.8, 4) is 5.75 Å².